The second kappa shape index (κ2) is 8.46. The van der Waals surface area contributed by atoms with E-state index in [1.165, 1.54) is 12.1 Å². The molecule has 0 aliphatic carbocycles. The maximum Gasteiger partial charge on any atom is 0.261 e. The third-order valence-electron chi connectivity index (χ3n) is 3.85. The molecule has 1 heterocycles. The molecule has 0 atom stereocenters. The average molecular weight is 381 g/mol. The Kier molecular flexibility index (Phi) is 5.83. The van der Waals surface area contributed by atoms with E-state index in [1.807, 2.05) is 18.2 Å². The lowest BCUT2D eigenvalue weighted by Crippen LogP contribution is -2.25. The highest BCUT2D eigenvalue weighted by Crippen LogP contribution is 2.16. The lowest BCUT2D eigenvalue weighted by atomic mass is 10.2. The summed E-state index contributed by atoms with van der Waals surface area (Å²) < 4.78 is 27.1. The molecule has 3 rings (SSSR count). The molecule has 0 spiro atoms. The number of sulfonamides is 1. The van der Waals surface area contributed by atoms with E-state index >= 15 is 0 Å². The molecule has 0 aliphatic rings. The summed E-state index contributed by atoms with van der Waals surface area (Å²) in [5, 5.41) is 2.82. The number of hydrogen-bond acceptors (Lipinski definition) is 4. The van der Waals surface area contributed by atoms with Crippen molar-refractivity contribution in [2.24, 2.45) is 0 Å². The summed E-state index contributed by atoms with van der Waals surface area (Å²) in [6.45, 7) is 0.470. The van der Waals surface area contributed by atoms with Crippen molar-refractivity contribution in [1.29, 1.82) is 0 Å². The van der Waals surface area contributed by atoms with Gasteiger partial charge in [-0.25, -0.2) is 8.42 Å². The first kappa shape index (κ1) is 18.6. The van der Waals surface area contributed by atoms with Gasteiger partial charge in [-0.15, -0.1) is 0 Å². The summed E-state index contributed by atoms with van der Waals surface area (Å²) in [5.41, 5.74) is 1.76. The third-order valence-corrected chi connectivity index (χ3v) is 5.24. The molecule has 0 saturated heterocycles. The Bertz CT molecular complexity index is 990. The lowest BCUT2D eigenvalue weighted by Gasteiger charge is -2.09. The highest BCUT2D eigenvalue weighted by molar-refractivity contribution is 7.92. The van der Waals surface area contributed by atoms with Gasteiger partial charge in [-0.3, -0.25) is 14.5 Å². The molecule has 138 valence electrons. The summed E-state index contributed by atoms with van der Waals surface area (Å²) in [5.74, 6) is -0.219. The van der Waals surface area contributed by atoms with E-state index in [4.69, 9.17) is 0 Å². The van der Waals surface area contributed by atoms with Gasteiger partial charge in [0.15, 0.2) is 0 Å². The molecule has 27 heavy (non-hydrogen) atoms. The van der Waals surface area contributed by atoms with Crippen molar-refractivity contribution in [1.82, 2.24) is 10.3 Å². The van der Waals surface area contributed by atoms with Gasteiger partial charge in [-0.1, -0.05) is 24.3 Å². The third kappa shape index (κ3) is 5.15. The Morgan fingerprint density at radius 2 is 1.59 bits per heavy atom. The standard InChI is InChI=1S/C20H19N3O3S/c24-20(22-15-13-17-6-4-5-14-21-17)16-9-11-18(12-10-16)23-27(25,26)19-7-2-1-3-8-19/h1-12,14,23H,13,15H2,(H,22,24). The SMILES string of the molecule is O=C(NCCc1ccccn1)c1ccc(NS(=O)(=O)c2ccccc2)cc1. The Morgan fingerprint density at radius 1 is 0.889 bits per heavy atom. The fourth-order valence-corrected chi connectivity index (χ4v) is 3.54. The van der Waals surface area contributed by atoms with Gasteiger partial charge < -0.3 is 5.32 Å². The van der Waals surface area contributed by atoms with Crippen LogP contribution in [-0.2, 0) is 16.4 Å². The summed E-state index contributed by atoms with van der Waals surface area (Å²) >= 11 is 0. The van der Waals surface area contributed by atoms with Gasteiger partial charge in [0, 0.05) is 36.1 Å². The first-order valence-electron chi connectivity index (χ1n) is 8.41. The molecule has 7 heteroatoms. The molecule has 0 bridgehead atoms. The van der Waals surface area contributed by atoms with Crippen molar-refractivity contribution < 1.29 is 13.2 Å². The van der Waals surface area contributed by atoms with Crippen molar-refractivity contribution in [2.45, 2.75) is 11.3 Å². The quantitative estimate of drug-likeness (QED) is 0.659. The first-order valence-corrected chi connectivity index (χ1v) is 9.89. The molecular weight excluding hydrogens is 362 g/mol. The van der Waals surface area contributed by atoms with Gasteiger partial charge in [0.2, 0.25) is 0 Å². The molecule has 2 N–H and O–H groups in total. The largest absolute Gasteiger partial charge is 0.352 e. The Hall–Kier alpha value is -3.19. The lowest BCUT2D eigenvalue weighted by molar-refractivity contribution is 0.0954. The van der Waals surface area contributed by atoms with Crippen molar-refractivity contribution >= 4 is 21.6 Å². The smallest absolute Gasteiger partial charge is 0.261 e. The highest BCUT2D eigenvalue weighted by atomic mass is 32.2. The van der Waals surface area contributed by atoms with E-state index in [0.717, 1.165) is 5.69 Å². The van der Waals surface area contributed by atoms with Gasteiger partial charge in [0.25, 0.3) is 15.9 Å². The van der Waals surface area contributed by atoms with Crippen LogP contribution in [0, 0.1) is 0 Å². The minimum atomic E-state index is -3.65. The average Bonchev–Trinajstić information content (AvgIpc) is 2.70. The second-order valence-corrected chi connectivity index (χ2v) is 7.51. The zero-order valence-electron chi connectivity index (χ0n) is 14.5. The van der Waals surface area contributed by atoms with Crippen LogP contribution in [-0.4, -0.2) is 25.9 Å². The predicted octanol–water partition coefficient (Wildman–Crippen LogP) is 2.85. The van der Waals surface area contributed by atoms with Crippen LogP contribution in [0.15, 0.2) is 83.9 Å². The van der Waals surface area contributed by atoms with E-state index in [-0.39, 0.29) is 10.8 Å². The molecule has 1 amide bonds. The summed E-state index contributed by atoms with van der Waals surface area (Å²) in [6.07, 6.45) is 2.36. The number of pyridine rings is 1. The van der Waals surface area contributed by atoms with E-state index in [1.54, 1.807) is 48.7 Å². The van der Waals surface area contributed by atoms with Gasteiger partial charge in [-0.2, -0.15) is 0 Å². The molecule has 3 aromatic rings. The number of aromatic nitrogens is 1. The van der Waals surface area contributed by atoms with E-state index in [9.17, 15) is 13.2 Å². The molecule has 0 saturated carbocycles. The highest BCUT2D eigenvalue weighted by Gasteiger charge is 2.13. The fourth-order valence-electron chi connectivity index (χ4n) is 2.46. The number of carbonyl (C=O) groups excluding carboxylic acids is 1. The van der Waals surface area contributed by atoms with Gasteiger partial charge in [0.1, 0.15) is 0 Å². The molecule has 2 aromatic carbocycles. The minimum absolute atomic E-state index is 0.182. The van der Waals surface area contributed by atoms with E-state index in [0.29, 0.717) is 24.2 Å². The number of carbonyl (C=O) groups is 1. The molecule has 0 unspecified atom stereocenters. The van der Waals surface area contributed by atoms with Crippen molar-refractivity contribution in [3.8, 4) is 0 Å². The van der Waals surface area contributed by atoms with Crippen LogP contribution in [0.5, 0.6) is 0 Å². The van der Waals surface area contributed by atoms with Gasteiger partial charge in [0.05, 0.1) is 4.90 Å². The number of amides is 1. The fraction of sp³-hybridized carbons (Fsp3) is 0.100. The van der Waals surface area contributed by atoms with Crippen LogP contribution in [0.3, 0.4) is 0 Å². The Labute approximate surface area is 158 Å². The Balaban J connectivity index is 1.57. The second-order valence-electron chi connectivity index (χ2n) is 5.82. The van der Waals surface area contributed by atoms with Crippen molar-refractivity contribution in [3.63, 3.8) is 0 Å². The zero-order valence-corrected chi connectivity index (χ0v) is 15.3. The summed E-state index contributed by atoms with van der Waals surface area (Å²) in [4.78, 5) is 16.6. The van der Waals surface area contributed by atoms with E-state index in [2.05, 4.69) is 15.0 Å². The zero-order chi connectivity index (χ0) is 19.1. The molecule has 0 aliphatic heterocycles. The van der Waals surface area contributed by atoms with Crippen LogP contribution >= 0.6 is 0 Å². The molecular formula is C20H19N3O3S. The van der Waals surface area contributed by atoms with Crippen LogP contribution in [0.4, 0.5) is 5.69 Å². The number of anilines is 1. The molecule has 0 radical (unpaired) electrons. The Morgan fingerprint density at radius 3 is 2.26 bits per heavy atom. The number of nitrogens with zero attached hydrogens (tertiary/aromatic N) is 1. The topological polar surface area (TPSA) is 88.2 Å². The van der Waals surface area contributed by atoms with Crippen molar-refractivity contribution in [3.05, 3.63) is 90.3 Å². The minimum Gasteiger partial charge on any atom is -0.352 e. The van der Waals surface area contributed by atoms with Crippen molar-refractivity contribution in [2.75, 3.05) is 11.3 Å². The van der Waals surface area contributed by atoms with Crippen LogP contribution in [0.25, 0.3) is 0 Å². The first-order chi connectivity index (χ1) is 13.0. The monoisotopic (exact) mass is 381 g/mol. The van der Waals surface area contributed by atoms with Gasteiger partial charge >= 0.3 is 0 Å². The molecule has 1 aromatic heterocycles. The number of hydrogen-bond donors (Lipinski definition) is 2. The van der Waals surface area contributed by atoms with Crippen LogP contribution in [0.2, 0.25) is 0 Å². The molecule has 0 fully saturated rings. The maximum atomic E-state index is 12.3. The number of rotatable bonds is 7. The number of nitrogens with one attached hydrogen (secondary N) is 2. The van der Waals surface area contributed by atoms with Crippen LogP contribution in [0.1, 0.15) is 16.1 Å². The predicted molar refractivity (Wildman–Crippen MR) is 104 cm³/mol. The van der Waals surface area contributed by atoms with E-state index < -0.39 is 10.0 Å². The normalized spacial score (nSPS) is 11.0. The maximum absolute atomic E-state index is 12.3. The molecule has 6 nitrogen and oxygen atoms in total. The summed E-state index contributed by atoms with van der Waals surface area (Å²) in [6, 6.07) is 20.0. The summed E-state index contributed by atoms with van der Waals surface area (Å²) in [7, 11) is -3.65. The van der Waals surface area contributed by atoms with Gasteiger partial charge in [-0.05, 0) is 48.5 Å². The van der Waals surface area contributed by atoms with Crippen LogP contribution < -0.4 is 10.0 Å². The number of benzene rings is 2.